The van der Waals surface area contributed by atoms with Crippen LogP contribution in [-0.4, -0.2) is 37.5 Å². The molecule has 1 aliphatic rings. The van der Waals surface area contributed by atoms with Crippen molar-refractivity contribution >= 4 is 28.8 Å². The molecule has 142 valence electrons. The van der Waals surface area contributed by atoms with Crippen LogP contribution in [0.5, 0.6) is 5.75 Å². The fourth-order valence-electron chi connectivity index (χ4n) is 2.97. The number of carbonyl (C=O) groups excluding carboxylic acids is 3. The van der Waals surface area contributed by atoms with Gasteiger partial charge in [0.25, 0.3) is 5.91 Å². The Hall–Kier alpha value is -3.36. The van der Waals surface area contributed by atoms with Crippen LogP contribution in [0.1, 0.15) is 17.5 Å². The van der Waals surface area contributed by atoms with Gasteiger partial charge in [-0.2, -0.15) is 0 Å². The number of carboxylic acids is 1. The molecule has 1 heterocycles. The van der Waals surface area contributed by atoms with Gasteiger partial charge in [0.15, 0.2) is 6.61 Å². The molecule has 0 saturated heterocycles. The van der Waals surface area contributed by atoms with Crippen LogP contribution in [0.15, 0.2) is 27.4 Å². The largest absolute Gasteiger partial charge is 0.548 e. The first-order valence-electron chi connectivity index (χ1n) is 8.38. The third kappa shape index (κ3) is 4.43. The zero-order chi connectivity index (χ0) is 19.4. The molecule has 0 fully saturated rings. The molecule has 0 radical (unpaired) electrons. The summed E-state index contributed by atoms with van der Waals surface area (Å²) in [6.45, 7) is -1.36. The first-order chi connectivity index (χ1) is 12.9. The van der Waals surface area contributed by atoms with Gasteiger partial charge in [-0.3, -0.25) is 9.59 Å². The molecular formula is C18H17N2O7-. The molecule has 0 bridgehead atoms. The third-order valence-electron chi connectivity index (χ3n) is 4.19. The molecule has 0 saturated carbocycles. The molecule has 9 nitrogen and oxygen atoms in total. The Morgan fingerprint density at radius 2 is 1.81 bits per heavy atom. The minimum absolute atomic E-state index is 0.340. The summed E-state index contributed by atoms with van der Waals surface area (Å²) >= 11 is 0. The lowest BCUT2D eigenvalue weighted by Gasteiger charge is -2.09. The van der Waals surface area contributed by atoms with Crippen molar-refractivity contribution in [2.24, 2.45) is 0 Å². The van der Waals surface area contributed by atoms with Crippen LogP contribution in [0.3, 0.4) is 0 Å². The highest BCUT2D eigenvalue weighted by molar-refractivity contribution is 5.87. The summed E-state index contributed by atoms with van der Waals surface area (Å²) in [6, 6.07) is 5.03. The first kappa shape index (κ1) is 18.4. The standard InChI is InChI=1S/C18H18N2O7/c21-15(20-8-17(23)24)7-19-16(22)9-26-10-4-5-12-11-2-1-3-13(11)18(25)27-14(12)6-10/h4-6H,1-3,7-9H2,(H,19,22)(H,20,21)(H,23,24)/p-1. The van der Waals surface area contributed by atoms with E-state index in [1.807, 2.05) is 0 Å². The predicted octanol–water partition coefficient (Wildman–Crippen LogP) is -1.36. The van der Waals surface area contributed by atoms with Gasteiger partial charge in [0.1, 0.15) is 11.3 Å². The molecule has 0 atom stereocenters. The van der Waals surface area contributed by atoms with Gasteiger partial charge >= 0.3 is 5.63 Å². The molecule has 2 amide bonds. The van der Waals surface area contributed by atoms with Gasteiger partial charge in [-0.15, -0.1) is 0 Å². The highest BCUT2D eigenvalue weighted by Crippen LogP contribution is 2.29. The molecule has 1 aromatic heterocycles. The summed E-state index contributed by atoms with van der Waals surface area (Å²) in [7, 11) is 0. The number of ether oxygens (including phenoxy) is 1. The zero-order valence-electron chi connectivity index (χ0n) is 14.3. The van der Waals surface area contributed by atoms with Crippen LogP contribution >= 0.6 is 0 Å². The first-order valence-corrected chi connectivity index (χ1v) is 8.38. The second-order valence-corrected chi connectivity index (χ2v) is 6.07. The van der Waals surface area contributed by atoms with Crippen molar-refractivity contribution in [2.75, 3.05) is 19.7 Å². The van der Waals surface area contributed by atoms with Crippen LogP contribution in [-0.2, 0) is 27.2 Å². The number of hydrogen-bond donors (Lipinski definition) is 2. The van der Waals surface area contributed by atoms with E-state index in [1.54, 1.807) is 18.2 Å². The molecule has 0 spiro atoms. The van der Waals surface area contributed by atoms with E-state index >= 15 is 0 Å². The van der Waals surface area contributed by atoms with Crippen LogP contribution in [0, 0.1) is 0 Å². The lowest BCUT2D eigenvalue weighted by molar-refractivity contribution is -0.304. The number of fused-ring (bicyclic) bond motifs is 3. The molecule has 2 N–H and O–H groups in total. The van der Waals surface area contributed by atoms with Crippen molar-refractivity contribution in [3.05, 3.63) is 39.7 Å². The normalized spacial score (nSPS) is 12.4. The smallest absolute Gasteiger partial charge is 0.339 e. The van der Waals surface area contributed by atoms with Gasteiger partial charge in [0, 0.05) is 17.0 Å². The summed E-state index contributed by atoms with van der Waals surface area (Å²) in [5.41, 5.74) is 1.80. The quantitative estimate of drug-likeness (QED) is 0.572. The number of benzene rings is 1. The Labute approximate surface area is 153 Å². The molecule has 0 aliphatic heterocycles. The molecule has 2 aromatic rings. The summed E-state index contributed by atoms with van der Waals surface area (Å²) in [5.74, 6) is -2.30. The second-order valence-electron chi connectivity index (χ2n) is 6.07. The average Bonchev–Trinajstić information content (AvgIpc) is 3.13. The van der Waals surface area contributed by atoms with Crippen molar-refractivity contribution in [1.82, 2.24) is 10.6 Å². The van der Waals surface area contributed by atoms with E-state index in [9.17, 15) is 24.3 Å². The second kappa shape index (κ2) is 7.90. The summed E-state index contributed by atoms with van der Waals surface area (Å²) < 4.78 is 10.7. The summed E-state index contributed by atoms with van der Waals surface area (Å²) in [4.78, 5) is 45.2. The molecule has 1 aliphatic carbocycles. The van der Waals surface area contributed by atoms with E-state index in [2.05, 4.69) is 10.6 Å². The maximum atomic E-state index is 12.0. The van der Waals surface area contributed by atoms with Crippen molar-refractivity contribution in [3.63, 3.8) is 0 Å². The topological polar surface area (TPSA) is 138 Å². The SMILES string of the molecule is O=C([O-])CNC(=O)CNC(=O)COc1ccc2c3c(c(=O)oc2c1)CCC3. The number of rotatable bonds is 7. The third-order valence-corrected chi connectivity index (χ3v) is 4.19. The van der Waals surface area contributed by atoms with E-state index in [0.717, 1.165) is 35.8 Å². The van der Waals surface area contributed by atoms with Crippen molar-refractivity contribution < 1.29 is 28.6 Å². The van der Waals surface area contributed by atoms with Gasteiger partial charge < -0.3 is 29.7 Å². The van der Waals surface area contributed by atoms with Crippen molar-refractivity contribution in [3.8, 4) is 5.75 Å². The predicted molar refractivity (Wildman–Crippen MR) is 91.0 cm³/mol. The minimum atomic E-state index is -1.42. The van der Waals surface area contributed by atoms with E-state index in [0.29, 0.717) is 11.3 Å². The lowest BCUT2D eigenvalue weighted by Crippen LogP contribution is -2.43. The number of carbonyl (C=O) groups is 3. The van der Waals surface area contributed by atoms with Gasteiger partial charge in [-0.25, -0.2) is 4.79 Å². The van der Waals surface area contributed by atoms with Gasteiger partial charge in [0.2, 0.25) is 5.91 Å². The number of aliphatic carboxylic acids is 1. The fourth-order valence-corrected chi connectivity index (χ4v) is 2.97. The lowest BCUT2D eigenvalue weighted by atomic mass is 10.1. The fraction of sp³-hybridized carbons (Fsp3) is 0.333. The average molecular weight is 373 g/mol. The minimum Gasteiger partial charge on any atom is -0.548 e. The van der Waals surface area contributed by atoms with E-state index in [4.69, 9.17) is 9.15 Å². The van der Waals surface area contributed by atoms with Crippen LogP contribution in [0.25, 0.3) is 11.0 Å². The molecule has 27 heavy (non-hydrogen) atoms. The Morgan fingerprint density at radius 1 is 1.07 bits per heavy atom. The van der Waals surface area contributed by atoms with Gasteiger partial charge in [0.05, 0.1) is 19.1 Å². The van der Waals surface area contributed by atoms with Gasteiger partial charge in [-0.05, 0) is 37.0 Å². The summed E-state index contributed by atoms with van der Waals surface area (Å²) in [5, 5.41) is 15.4. The van der Waals surface area contributed by atoms with Crippen molar-refractivity contribution in [2.45, 2.75) is 19.3 Å². The van der Waals surface area contributed by atoms with Gasteiger partial charge in [-0.1, -0.05) is 0 Å². The Morgan fingerprint density at radius 3 is 2.59 bits per heavy atom. The Balaban J connectivity index is 1.57. The maximum Gasteiger partial charge on any atom is 0.339 e. The number of nitrogens with one attached hydrogen (secondary N) is 2. The van der Waals surface area contributed by atoms with Crippen LogP contribution in [0.2, 0.25) is 0 Å². The van der Waals surface area contributed by atoms with Crippen LogP contribution in [0.4, 0.5) is 0 Å². The molecule has 0 unspecified atom stereocenters. The van der Waals surface area contributed by atoms with Crippen LogP contribution < -0.4 is 26.1 Å². The summed E-state index contributed by atoms with van der Waals surface area (Å²) in [6.07, 6.45) is 2.48. The molecular weight excluding hydrogens is 356 g/mol. The number of hydrogen-bond acceptors (Lipinski definition) is 7. The molecule has 3 rings (SSSR count). The number of carboxylic acid groups (broad SMARTS) is 1. The maximum absolute atomic E-state index is 12.0. The highest BCUT2D eigenvalue weighted by atomic mass is 16.5. The number of aryl methyl sites for hydroxylation is 1. The monoisotopic (exact) mass is 373 g/mol. The Kier molecular flexibility index (Phi) is 5.39. The zero-order valence-corrected chi connectivity index (χ0v) is 14.3. The molecule has 1 aromatic carbocycles. The van der Waals surface area contributed by atoms with Crippen molar-refractivity contribution in [1.29, 1.82) is 0 Å². The van der Waals surface area contributed by atoms with E-state index < -0.39 is 24.3 Å². The van der Waals surface area contributed by atoms with E-state index in [1.165, 1.54) is 0 Å². The molecule has 9 heteroatoms. The number of amides is 2. The highest BCUT2D eigenvalue weighted by Gasteiger charge is 2.19. The Bertz CT molecular complexity index is 964. The van der Waals surface area contributed by atoms with E-state index in [-0.39, 0.29) is 18.8 Å².